The lowest BCUT2D eigenvalue weighted by molar-refractivity contribution is -0.307. The average molecular weight is 779 g/mol. The molecular formula is C50H54O6Si. The summed E-state index contributed by atoms with van der Waals surface area (Å²) >= 11 is 0. The Hall–Kier alpha value is -4.86. The minimum atomic E-state index is -2.97. The largest absolute Gasteiger partial charge is 0.462 e. The number of benzene rings is 6. The first kappa shape index (κ1) is 40.3. The molecule has 294 valence electrons. The van der Waals surface area contributed by atoms with E-state index in [2.05, 4.69) is 125 Å². The van der Waals surface area contributed by atoms with Crippen molar-refractivity contribution in [2.45, 2.75) is 83.3 Å². The van der Waals surface area contributed by atoms with Crippen molar-refractivity contribution in [3.05, 3.63) is 198 Å². The number of rotatable bonds is 16. The Morgan fingerprint density at radius 3 is 1.33 bits per heavy atom. The second-order valence-electron chi connectivity index (χ2n) is 15.7. The molecule has 7 rings (SSSR count). The summed E-state index contributed by atoms with van der Waals surface area (Å²) in [5.74, 6) is 0.677. The zero-order valence-electron chi connectivity index (χ0n) is 33.4. The normalized spacial score (nSPS) is 19.9. The SMILES string of the molecule is Cc1ccc(OC2OC(CO[Si](c3ccccc3)(c3ccccc3)C(C)(C)C)C(OCc3ccccc3)C(OCc3ccccc3)C2OCc2ccccc2)cc1. The Bertz CT molecular complexity index is 2020. The van der Waals surface area contributed by atoms with E-state index in [0.29, 0.717) is 25.6 Å². The molecular weight excluding hydrogens is 725 g/mol. The number of aryl methyl sites for hydroxylation is 1. The third-order valence-corrected chi connectivity index (χ3v) is 15.6. The van der Waals surface area contributed by atoms with Gasteiger partial charge in [-0.25, -0.2) is 0 Å². The van der Waals surface area contributed by atoms with Crippen LogP contribution in [0, 0.1) is 6.92 Å². The molecule has 1 heterocycles. The van der Waals surface area contributed by atoms with E-state index in [1.54, 1.807) is 0 Å². The minimum Gasteiger partial charge on any atom is -0.462 e. The van der Waals surface area contributed by atoms with Crippen LogP contribution in [-0.2, 0) is 43.2 Å². The van der Waals surface area contributed by atoms with Gasteiger partial charge in [-0.3, -0.25) is 0 Å². The van der Waals surface area contributed by atoms with Crippen LogP contribution in [0.1, 0.15) is 43.0 Å². The summed E-state index contributed by atoms with van der Waals surface area (Å²) in [6.07, 6.45) is -3.30. The summed E-state index contributed by atoms with van der Waals surface area (Å²) in [4.78, 5) is 0. The Labute approximate surface area is 339 Å². The molecule has 0 bridgehead atoms. The number of hydrogen-bond donors (Lipinski definition) is 0. The van der Waals surface area contributed by atoms with Crippen molar-refractivity contribution in [1.29, 1.82) is 0 Å². The van der Waals surface area contributed by atoms with Crippen molar-refractivity contribution in [3.63, 3.8) is 0 Å². The standard InChI is InChI=1S/C50H54O6Si/c1-38-30-32-42(33-31-38)55-49-48(53-36-41-24-14-7-15-25-41)47(52-35-40-22-12-6-13-23-40)46(51-34-39-20-10-5-11-21-39)45(56-49)37-54-57(50(2,3)4,43-26-16-8-17-27-43)44-28-18-9-19-29-44/h5-33,45-49H,34-37H2,1-4H3. The van der Waals surface area contributed by atoms with Crippen LogP contribution in [0.25, 0.3) is 0 Å². The van der Waals surface area contributed by atoms with Crippen molar-refractivity contribution >= 4 is 18.7 Å². The van der Waals surface area contributed by atoms with E-state index in [0.717, 1.165) is 22.3 Å². The molecule has 0 N–H and O–H groups in total. The summed E-state index contributed by atoms with van der Waals surface area (Å²) < 4.78 is 42.3. The summed E-state index contributed by atoms with van der Waals surface area (Å²) in [6, 6.07) is 60.0. The number of ether oxygens (including phenoxy) is 5. The lowest BCUT2D eigenvalue weighted by Crippen LogP contribution is -2.68. The molecule has 1 aliphatic heterocycles. The molecule has 0 aromatic heterocycles. The maximum atomic E-state index is 7.56. The van der Waals surface area contributed by atoms with Crippen LogP contribution in [0.3, 0.4) is 0 Å². The fourth-order valence-electron chi connectivity index (χ4n) is 7.69. The smallest absolute Gasteiger partial charge is 0.261 e. The molecule has 0 radical (unpaired) electrons. The predicted octanol–water partition coefficient (Wildman–Crippen LogP) is 9.43. The van der Waals surface area contributed by atoms with Gasteiger partial charge in [-0.05, 0) is 51.2 Å². The van der Waals surface area contributed by atoms with E-state index >= 15 is 0 Å². The van der Waals surface area contributed by atoms with Crippen molar-refractivity contribution < 1.29 is 28.1 Å². The molecule has 1 saturated heterocycles. The zero-order valence-corrected chi connectivity index (χ0v) is 34.4. The maximum absolute atomic E-state index is 7.56. The quantitative estimate of drug-likeness (QED) is 0.0914. The molecule has 0 aliphatic carbocycles. The molecule has 0 saturated carbocycles. The molecule has 7 heteroatoms. The molecule has 57 heavy (non-hydrogen) atoms. The highest BCUT2D eigenvalue weighted by atomic mass is 28.4. The average Bonchev–Trinajstić information content (AvgIpc) is 3.24. The van der Waals surface area contributed by atoms with Crippen molar-refractivity contribution in [1.82, 2.24) is 0 Å². The van der Waals surface area contributed by atoms with Gasteiger partial charge in [0.15, 0.2) is 0 Å². The second-order valence-corrected chi connectivity index (χ2v) is 20.0. The van der Waals surface area contributed by atoms with Gasteiger partial charge in [0.05, 0.1) is 26.4 Å². The second kappa shape index (κ2) is 19.1. The first-order chi connectivity index (χ1) is 27.8. The summed E-state index contributed by atoms with van der Waals surface area (Å²) in [5.41, 5.74) is 4.26. The molecule has 1 aliphatic rings. The third kappa shape index (κ3) is 10.00. The molecule has 5 unspecified atom stereocenters. The van der Waals surface area contributed by atoms with Gasteiger partial charge in [0.1, 0.15) is 30.2 Å². The molecule has 5 atom stereocenters. The monoisotopic (exact) mass is 778 g/mol. The fourth-order valence-corrected chi connectivity index (χ4v) is 12.3. The maximum Gasteiger partial charge on any atom is 0.261 e. The van der Waals surface area contributed by atoms with Crippen LogP contribution < -0.4 is 15.1 Å². The van der Waals surface area contributed by atoms with E-state index in [9.17, 15) is 0 Å². The summed E-state index contributed by atoms with van der Waals surface area (Å²) in [5, 5.41) is 2.14. The third-order valence-electron chi connectivity index (χ3n) is 10.6. The van der Waals surface area contributed by atoms with Crippen LogP contribution in [0.4, 0.5) is 0 Å². The Morgan fingerprint density at radius 1 is 0.491 bits per heavy atom. The van der Waals surface area contributed by atoms with Gasteiger partial charge in [0.2, 0.25) is 6.29 Å². The van der Waals surface area contributed by atoms with Gasteiger partial charge in [-0.1, -0.05) is 190 Å². The highest BCUT2D eigenvalue weighted by Crippen LogP contribution is 2.39. The van der Waals surface area contributed by atoms with Gasteiger partial charge < -0.3 is 28.1 Å². The number of hydrogen-bond acceptors (Lipinski definition) is 6. The van der Waals surface area contributed by atoms with Crippen LogP contribution in [0.2, 0.25) is 5.04 Å². The Balaban J connectivity index is 1.31. The molecule has 0 amide bonds. The molecule has 6 aromatic carbocycles. The van der Waals surface area contributed by atoms with Crippen molar-refractivity contribution in [2.75, 3.05) is 6.61 Å². The first-order valence-corrected chi connectivity index (χ1v) is 21.8. The van der Waals surface area contributed by atoms with E-state index in [1.165, 1.54) is 10.4 Å². The Kier molecular flexibility index (Phi) is 13.5. The molecule has 1 fully saturated rings. The molecule has 0 spiro atoms. The predicted molar refractivity (Wildman–Crippen MR) is 229 cm³/mol. The first-order valence-electron chi connectivity index (χ1n) is 19.9. The van der Waals surface area contributed by atoms with Gasteiger partial charge in [0.25, 0.3) is 8.32 Å². The van der Waals surface area contributed by atoms with Gasteiger partial charge in [-0.2, -0.15) is 0 Å². The van der Waals surface area contributed by atoms with E-state index < -0.39 is 39.0 Å². The summed E-state index contributed by atoms with van der Waals surface area (Å²) in [6.45, 7) is 10.2. The van der Waals surface area contributed by atoms with Crippen molar-refractivity contribution in [3.8, 4) is 5.75 Å². The Morgan fingerprint density at radius 2 is 0.895 bits per heavy atom. The zero-order chi connectivity index (χ0) is 39.5. The fraction of sp³-hybridized carbons (Fsp3) is 0.280. The van der Waals surface area contributed by atoms with Crippen LogP contribution in [-0.4, -0.2) is 45.6 Å². The van der Waals surface area contributed by atoms with E-state index in [1.807, 2.05) is 78.9 Å². The van der Waals surface area contributed by atoms with E-state index in [4.69, 9.17) is 28.1 Å². The van der Waals surface area contributed by atoms with Gasteiger partial charge in [-0.15, -0.1) is 0 Å². The van der Waals surface area contributed by atoms with Gasteiger partial charge in [0, 0.05) is 0 Å². The van der Waals surface area contributed by atoms with Crippen LogP contribution in [0.5, 0.6) is 5.75 Å². The van der Waals surface area contributed by atoms with Gasteiger partial charge >= 0.3 is 0 Å². The minimum absolute atomic E-state index is 0.233. The van der Waals surface area contributed by atoms with E-state index in [-0.39, 0.29) is 11.6 Å². The highest BCUT2D eigenvalue weighted by Gasteiger charge is 2.54. The van der Waals surface area contributed by atoms with Crippen LogP contribution in [0.15, 0.2) is 176 Å². The lowest BCUT2D eigenvalue weighted by Gasteiger charge is -2.48. The lowest BCUT2D eigenvalue weighted by atomic mass is 9.97. The highest BCUT2D eigenvalue weighted by molar-refractivity contribution is 6.99. The van der Waals surface area contributed by atoms with Crippen molar-refractivity contribution in [2.24, 2.45) is 0 Å². The van der Waals surface area contributed by atoms with Crippen LogP contribution >= 0.6 is 0 Å². The molecule has 6 nitrogen and oxygen atoms in total. The topological polar surface area (TPSA) is 55.4 Å². The summed E-state index contributed by atoms with van der Waals surface area (Å²) in [7, 11) is -2.97. The molecule has 6 aromatic rings.